The van der Waals surface area contributed by atoms with E-state index in [0.29, 0.717) is 34.4 Å². The molecule has 6 aromatic carbocycles. The van der Waals surface area contributed by atoms with Gasteiger partial charge in [-0.25, -0.2) is 19.9 Å². The summed E-state index contributed by atoms with van der Waals surface area (Å²) in [5.74, 6) is 1.06. The Kier molecular flexibility index (Phi) is 10.8. The van der Waals surface area contributed by atoms with Crippen LogP contribution < -0.4 is 9.80 Å². The first kappa shape index (κ1) is 43.4. The van der Waals surface area contributed by atoms with Crippen LogP contribution >= 0.6 is 23.5 Å². The number of hydrogen-bond acceptors (Lipinski definition) is 12. The van der Waals surface area contributed by atoms with Crippen molar-refractivity contribution in [1.82, 2.24) is 39.9 Å². The zero-order valence-electron chi connectivity index (χ0n) is 39.2. The van der Waals surface area contributed by atoms with Crippen molar-refractivity contribution in [3.05, 3.63) is 231 Å². The van der Waals surface area contributed by atoms with Crippen molar-refractivity contribution in [2.24, 2.45) is 0 Å². The molecule has 0 spiro atoms. The fraction of sp³-hybridized carbons (Fsp3) is 0. The number of aromatic nitrogens is 8. The molecule has 0 unspecified atom stereocenters. The minimum absolute atomic E-state index is 0.532. The Balaban J connectivity index is 1.14. The van der Waals surface area contributed by atoms with Crippen LogP contribution in [0.15, 0.2) is 251 Å². The molecule has 8 heterocycles. The summed E-state index contributed by atoms with van der Waals surface area (Å²) in [5, 5.41) is 1.90. The number of nitrogens with zero attached hydrogens (tertiary/aromatic N) is 10. The second-order valence-corrected chi connectivity index (χ2v) is 19.8. The molecule has 14 rings (SSSR count). The van der Waals surface area contributed by atoms with E-state index >= 15 is 0 Å². The lowest BCUT2D eigenvalue weighted by molar-refractivity contribution is 1.15. The third-order valence-corrected chi connectivity index (χ3v) is 15.4. The van der Waals surface area contributed by atoms with E-state index in [1.54, 1.807) is 48.3 Å². The average Bonchev–Trinajstić information content (AvgIpc) is 3.48. The maximum absolute atomic E-state index is 5.49. The van der Waals surface area contributed by atoms with Gasteiger partial charge in [-0.05, 0) is 144 Å². The Morgan fingerprint density at radius 1 is 0.311 bits per heavy atom. The van der Waals surface area contributed by atoms with Crippen molar-refractivity contribution in [3.63, 3.8) is 0 Å². The second kappa shape index (κ2) is 18.4. The van der Waals surface area contributed by atoms with E-state index in [1.165, 1.54) is 0 Å². The van der Waals surface area contributed by atoms with Gasteiger partial charge in [-0.2, -0.15) is 0 Å². The van der Waals surface area contributed by atoms with Crippen LogP contribution in [-0.2, 0) is 0 Å². The number of anilines is 6. The van der Waals surface area contributed by atoms with Crippen LogP contribution in [0.1, 0.15) is 0 Å². The topological polar surface area (TPSA) is 110 Å². The normalized spacial score (nSPS) is 12.4. The highest BCUT2D eigenvalue weighted by Crippen LogP contribution is 2.55. The molecule has 2 aliphatic heterocycles. The molecule has 0 saturated carbocycles. The van der Waals surface area contributed by atoms with Gasteiger partial charge in [0.15, 0.2) is 11.6 Å². The van der Waals surface area contributed by atoms with Gasteiger partial charge >= 0.3 is 0 Å². The minimum Gasteiger partial charge on any atom is -0.308 e. The zero-order valence-corrected chi connectivity index (χ0v) is 40.9. The van der Waals surface area contributed by atoms with Gasteiger partial charge in [0, 0.05) is 90.4 Å². The molecule has 0 amide bonds. The van der Waals surface area contributed by atoms with E-state index in [-0.39, 0.29) is 0 Å². The zero-order chi connectivity index (χ0) is 49.0. The molecule has 0 fully saturated rings. The molecule has 0 N–H and O–H groups in total. The summed E-state index contributed by atoms with van der Waals surface area (Å²) in [5.41, 5.74) is 13.8. The number of fused-ring (bicyclic) bond motifs is 5. The minimum atomic E-state index is 0.532. The van der Waals surface area contributed by atoms with Crippen LogP contribution in [0.5, 0.6) is 0 Å². The molecule has 0 aliphatic carbocycles. The number of pyridine rings is 4. The summed E-state index contributed by atoms with van der Waals surface area (Å²) in [7, 11) is 0. The maximum Gasteiger partial charge on any atom is 0.162 e. The lowest BCUT2D eigenvalue weighted by Crippen LogP contribution is -2.16. The summed E-state index contributed by atoms with van der Waals surface area (Å²) in [6.45, 7) is 0. The summed E-state index contributed by atoms with van der Waals surface area (Å²) in [6.07, 6.45) is 10.7. The Labute approximate surface area is 434 Å². The number of para-hydroxylation sites is 4. The first-order valence-corrected chi connectivity index (χ1v) is 25.7. The number of benzene rings is 6. The van der Waals surface area contributed by atoms with E-state index in [1.807, 2.05) is 73.1 Å². The van der Waals surface area contributed by atoms with Gasteiger partial charge < -0.3 is 9.80 Å². The predicted molar refractivity (Wildman–Crippen MR) is 297 cm³/mol. The molecule has 0 saturated heterocycles. The van der Waals surface area contributed by atoms with Crippen molar-refractivity contribution in [2.45, 2.75) is 19.6 Å². The first-order valence-electron chi connectivity index (χ1n) is 24.0. The molecule has 6 aromatic heterocycles. The van der Waals surface area contributed by atoms with Crippen molar-refractivity contribution < 1.29 is 0 Å². The highest BCUT2D eigenvalue weighted by atomic mass is 32.2. The van der Waals surface area contributed by atoms with E-state index < -0.39 is 0 Å². The molecule has 0 radical (unpaired) electrons. The van der Waals surface area contributed by atoms with Crippen LogP contribution in [0.25, 0.3) is 78.8 Å². The van der Waals surface area contributed by atoms with Crippen molar-refractivity contribution in [2.75, 3.05) is 9.80 Å². The van der Waals surface area contributed by atoms with Gasteiger partial charge in [0.1, 0.15) is 0 Å². The smallest absolute Gasteiger partial charge is 0.162 e. The average molecular weight is 987 g/mol. The molecule has 10 nitrogen and oxygen atoms in total. The molecule has 12 heteroatoms. The lowest BCUT2D eigenvalue weighted by Gasteiger charge is -2.34. The first-order chi connectivity index (χ1) is 36.7. The van der Waals surface area contributed by atoms with Gasteiger partial charge in [-0.3, -0.25) is 19.9 Å². The summed E-state index contributed by atoms with van der Waals surface area (Å²) < 4.78 is 0. The highest BCUT2D eigenvalue weighted by Gasteiger charge is 2.30. The molecule has 12 aromatic rings. The lowest BCUT2D eigenvalue weighted by atomic mass is 9.93. The van der Waals surface area contributed by atoms with Crippen LogP contribution in [-0.4, -0.2) is 39.9 Å². The molecule has 348 valence electrons. The monoisotopic (exact) mass is 986 g/mol. The number of rotatable bonds is 8. The van der Waals surface area contributed by atoms with E-state index in [2.05, 4.69) is 153 Å². The van der Waals surface area contributed by atoms with Gasteiger partial charge in [0.2, 0.25) is 0 Å². The largest absolute Gasteiger partial charge is 0.308 e. The summed E-state index contributed by atoms with van der Waals surface area (Å²) in [4.78, 5) is 49.3. The van der Waals surface area contributed by atoms with Crippen LogP contribution in [0, 0.1) is 0 Å². The molecule has 0 bridgehead atoms. The summed E-state index contributed by atoms with van der Waals surface area (Å²) >= 11 is 3.56. The third-order valence-electron chi connectivity index (χ3n) is 13.1. The van der Waals surface area contributed by atoms with E-state index in [9.17, 15) is 0 Å². The molecule has 2 aliphatic rings. The molecule has 0 atom stereocenters. The predicted octanol–water partition coefficient (Wildman–Crippen LogP) is 15.9. The Hall–Kier alpha value is -9.36. The third kappa shape index (κ3) is 7.80. The Bertz CT molecular complexity index is 3640. The van der Waals surface area contributed by atoms with Crippen molar-refractivity contribution in [1.29, 1.82) is 0 Å². The quantitative estimate of drug-likeness (QED) is 0.145. The van der Waals surface area contributed by atoms with Crippen molar-refractivity contribution in [3.8, 4) is 68.1 Å². The second-order valence-electron chi connectivity index (χ2n) is 17.7. The van der Waals surface area contributed by atoms with E-state index in [4.69, 9.17) is 29.9 Å². The van der Waals surface area contributed by atoms with Crippen LogP contribution in [0.2, 0.25) is 0 Å². The fourth-order valence-corrected chi connectivity index (χ4v) is 11.9. The molecular weight excluding hydrogens is 949 g/mol. The fourth-order valence-electron chi connectivity index (χ4n) is 9.79. The van der Waals surface area contributed by atoms with Crippen molar-refractivity contribution >= 4 is 68.4 Å². The van der Waals surface area contributed by atoms with Gasteiger partial charge in [-0.1, -0.05) is 84.2 Å². The van der Waals surface area contributed by atoms with Gasteiger partial charge in [0.05, 0.1) is 56.9 Å². The molecular formula is C62H38N10S2. The van der Waals surface area contributed by atoms with Gasteiger partial charge in [0.25, 0.3) is 0 Å². The molecule has 74 heavy (non-hydrogen) atoms. The van der Waals surface area contributed by atoms with Crippen LogP contribution in [0.4, 0.5) is 34.1 Å². The highest BCUT2D eigenvalue weighted by molar-refractivity contribution is 8.00. The van der Waals surface area contributed by atoms with Gasteiger partial charge in [-0.15, -0.1) is 0 Å². The number of hydrogen-bond donors (Lipinski definition) is 0. The standard InChI is InChI=1S/C62H38N10S2/c1-5-23-57-53(19-1)71(54-20-2-6-24-58(54)73-57)41-31-43-44(45(33-41)49-35-51(47-17-9-11-29-65-47)69-61(67-49)39-15-13-27-63-37-39)32-42(72-55-21-3-7-25-59(55)74-60-26-8-4-22-56(60)72)34-46(43)50-36-52(48-18-10-12-30-66-48)70-62(68-50)40-16-14-28-64-38-40/h1-38H. The summed E-state index contributed by atoms with van der Waals surface area (Å²) in [6, 6.07) is 67.3. The maximum atomic E-state index is 5.49. The van der Waals surface area contributed by atoms with E-state index in [0.717, 1.165) is 98.1 Å². The Morgan fingerprint density at radius 3 is 1.05 bits per heavy atom. The Morgan fingerprint density at radius 2 is 0.689 bits per heavy atom. The SMILES string of the molecule is c1ccc(-c2cc(-c3cc(N4c5ccccc5Sc5ccccc54)cc4c(-c5cc(-c6ccccn6)nc(-c6cccnc6)n5)cc(N5c6ccccc6Sc6ccccc65)cc34)nc(-c3cccnc3)n2)nc1. The van der Waals surface area contributed by atoms with Crippen LogP contribution in [0.3, 0.4) is 0 Å².